The topological polar surface area (TPSA) is 92.5 Å². The Morgan fingerprint density at radius 1 is 1.47 bits per heavy atom. The SMILES string of the molecule is CC(C)N1C(=O)CC(NC(C)(C)C(N)=O)C1=O. The number of carbonyl (C=O) groups is 3. The van der Waals surface area contributed by atoms with Crippen molar-refractivity contribution in [3.05, 3.63) is 0 Å². The van der Waals surface area contributed by atoms with Crippen molar-refractivity contribution in [2.75, 3.05) is 0 Å². The van der Waals surface area contributed by atoms with Gasteiger partial charge in [-0.3, -0.25) is 24.6 Å². The fourth-order valence-electron chi connectivity index (χ4n) is 1.81. The van der Waals surface area contributed by atoms with Gasteiger partial charge in [-0.15, -0.1) is 0 Å². The lowest BCUT2D eigenvalue weighted by molar-refractivity contribution is -0.140. The number of amides is 3. The lowest BCUT2D eigenvalue weighted by Crippen LogP contribution is -2.56. The molecular formula is C11H19N3O3. The van der Waals surface area contributed by atoms with Gasteiger partial charge in [0.05, 0.1) is 18.0 Å². The largest absolute Gasteiger partial charge is 0.368 e. The molecule has 1 aliphatic rings. The predicted octanol–water partition coefficient (Wildman–Crippen LogP) is -0.624. The van der Waals surface area contributed by atoms with Crippen LogP contribution in [0, 0.1) is 0 Å². The van der Waals surface area contributed by atoms with Crippen LogP contribution in [0.4, 0.5) is 0 Å². The molecule has 1 saturated heterocycles. The van der Waals surface area contributed by atoms with E-state index in [1.165, 1.54) is 4.90 Å². The molecule has 0 saturated carbocycles. The first-order valence-electron chi connectivity index (χ1n) is 5.60. The monoisotopic (exact) mass is 241 g/mol. The van der Waals surface area contributed by atoms with Crippen LogP contribution in [0.1, 0.15) is 34.1 Å². The minimum atomic E-state index is -1.01. The number of hydrogen-bond donors (Lipinski definition) is 2. The standard InChI is InChI=1S/C11H19N3O3/c1-6(2)14-8(15)5-7(9(14)16)13-11(3,4)10(12)17/h6-7,13H,5H2,1-4H3,(H2,12,17). The van der Waals surface area contributed by atoms with E-state index in [2.05, 4.69) is 5.32 Å². The summed E-state index contributed by atoms with van der Waals surface area (Å²) < 4.78 is 0. The van der Waals surface area contributed by atoms with Crippen LogP contribution in [0.3, 0.4) is 0 Å². The summed E-state index contributed by atoms with van der Waals surface area (Å²) in [5.74, 6) is -1.07. The third-order valence-electron chi connectivity index (χ3n) is 2.85. The fraction of sp³-hybridized carbons (Fsp3) is 0.727. The quantitative estimate of drug-likeness (QED) is 0.641. The number of imide groups is 1. The van der Waals surface area contributed by atoms with Crippen molar-refractivity contribution >= 4 is 17.7 Å². The molecule has 1 aliphatic heterocycles. The number of nitrogens with two attached hydrogens (primary N) is 1. The number of nitrogens with one attached hydrogen (secondary N) is 1. The summed E-state index contributed by atoms with van der Waals surface area (Å²) in [5.41, 5.74) is 4.21. The van der Waals surface area contributed by atoms with Gasteiger partial charge >= 0.3 is 0 Å². The van der Waals surface area contributed by atoms with Gasteiger partial charge in [-0.25, -0.2) is 0 Å². The van der Waals surface area contributed by atoms with Gasteiger partial charge in [0, 0.05) is 6.04 Å². The highest BCUT2D eigenvalue weighted by molar-refractivity contribution is 6.06. The summed E-state index contributed by atoms with van der Waals surface area (Å²) in [4.78, 5) is 36.0. The molecule has 0 bridgehead atoms. The van der Waals surface area contributed by atoms with Gasteiger partial charge in [0.1, 0.15) is 0 Å². The molecule has 1 fully saturated rings. The highest BCUT2D eigenvalue weighted by Gasteiger charge is 2.43. The number of carbonyl (C=O) groups excluding carboxylic acids is 3. The van der Waals surface area contributed by atoms with Crippen LogP contribution in [0.5, 0.6) is 0 Å². The third-order valence-corrected chi connectivity index (χ3v) is 2.85. The van der Waals surface area contributed by atoms with Crippen LogP contribution in [-0.4, -0.2) is 40.2 Å². The molecule has 0 aromatic heterocycles. The van der Waals surface area contributed by atoms with Crippen molar-refractivity contribution in [3.8, 4) is 0 Å². The van der Waals surface area contributed by atoms with Crippen LogP contribution >= 0.6 is 0 Å². The molecule has 0 aromatic rings. The lowest BCUT2D eigenvalue weighted by atomic mass is 10.0. The maximum Gasteiger partial charge on any atom is 0.247 e. The van der Waals surface area contributed by atoms with E-state index >= 15 is 0 Å². The van der Waals surface area contributed by atoms with E-state index in [-0.39, 0.29) is 24.3 Å². The average molecular weight is 241 g/mol. The van der Waals surface area contributed by atoms with Crippen molar-refractivity contribution in [1.29, 1.82) is 0 Å². The molecule has 1 atom stereocenters. The maximum absolute atomic E-state index is 11.9. The lowest BCUT2D eigenvalue weighted by Gasteiger charge is -2.26. The Hall–Kier alpha value is -1.43. The zero-order chi connectivity index (χ0) is 13.4. The molecule has 6 heteroatoms. The minimum Gasteiger partial charge on any atom is -0.368 e. The van der Waals surface area contributed by atoms with Crippen molar-refractivity contribution in [2.45, 2.75) is 51.7 Å². The summed E-state index contributed by atoms with van der Waals surface area (Å²) in [6, 6.07) is -0.828. The van der Waals surface area contributed by atoms with Gasteiger partial charge in [-0.1, -0.05) is 0 Å². The van der Waals surface area contributed by atoms with E-state index in [1.54, 1.807) is 27.7 Å². The van der Waals surface area contributed by atoms with E-state index in [0.717, 1.165) is 0 Å². The van der Waals surface area contributed by atoms with Crippen LogP contribution in [0.15, 0.2) is 0 Å². The Labute approximate surface area is 101 Å². The van der Waals surface area contributed by atoms with Gasteiger partial charge < -0.3 is 5.73 Å². The van der Waals surface area contributed by atoms with Gasteiger partial charge in [-0.2, -0.15) is 0 Å². The molecule has 0 aliphatic carbocycles. The van der Waals surface area contributed by atoms with Crippen molar-refractivity contribution in [3.63, 3.8) is 0 Å². The molecule has 96 valence electrons. The van der Waals surface area contributed by atoms with Crippen LogP contribution in [0.2, 0.25) is 0 Å². The molecule has 3 amide bonds. The molecule has 0 radical (unpaired) electrons. The number of primary amides is 1. The average Bonchev–Trinajstić information content (AvgIpc) is 2.40. The first kappa shape index (κ1) is 13.6. The second-order valence-electron chi connectivity index (χ2n) is 5.09. The molecule has 17 heavy (non-hydrogen) atoms. The second kappa shape index (κ2) is 4.44. The van der Waals surface area contributed by atoms with Crippen LogP contribution < -0.4 is 11.1 Å². The van der Waals surface area contributed by atoms with E-state index in [9.17, 15) is 14.4 Å². The molecule has 1 rings (SSSR count). The summed E-state index contributed by atoms with van der Waals surface area (Å²) >= 11 is 0. The molecular weight excluding hydrogens is 222 g/mol. The smallest absolute Gasteiger partial charge is 0.247 e. The molecule has 3 N–H and O–H groups in total. The highest BCUT2D eigenvalue weighted by Crippen LogP contribution is 2.18. The maximum atomic E-state index is 11.9. The summed E-state index contributed by atoms with van der Waals surface area (Å²) in [6.45, 7) is 6.73. The Bertz CT molecular complexity index is 363. The first-order valence-corrected chi connectivity index (χ1v) is 5.60. The van der Waals surface area contributed by atoms with E-state index < -0.39 is 17.5 Å². The second-order valence-corrected chi connectivity index (χ2v) is 5.09. The van der Waals surface area contributed by atoms with Crippen molar-refractivity contribution in [2.24, 2.45) is 5.73 Å². The fourth-order valence-corrected chi connectivity index (χ4v) is 1.81. The highest BCUT2D eigenvalue weighted by atomic mass is 16.2. The molecule has 0 spiro atoms. The zero-order valence-electron chi connectivity index (χ0n) is 10.6. The van der Waals surface area contributed by atoms with Crippen LogP contribution in [-0.2, 0) is 14.4 Å². The van der Waals surface area contributed by atoms with Gasteiger partial charge in [0.25, 0.3) is 0 Å². The number of hydrogen-bond acceptors (Lipinski definition) is 4. The number of rotatable bonds is 4. The molecule has 0 aromatic carbocycles. The zero-order valence-corrected chi connectivity index (χ0v) is 10.6. The van der Waals surface area contributed by atoms with Gasteiger partial charge in [-0.05, 0) is 27.7 Å². The Balaban J connectivity index is 2.80. The van der Waals surface area contributed by atoms with E-state index in [0.29, 0.717) is 0 Å². The first-order chi connectivity index (χ1) is 7.66. The number of nitrogens with zero attached hydrogens (tertiary/aromatic N) is 1. The Morgan fingerprint density at radius 3 is 2.35 bits per heavy atom. The van der Waals surface area contributed by atoms with Crippen molar-refractivity contribution in [1.82, 2.24) is 10.2 Å². The van der Waals surface area contributed by atoms with Crippen LogP contribution in [0.25, 0.3) is 0 Å². The van der Waals surface area contributed by atoms with E-state index in [4.69, 9.17) is 5.73 Å². The minimum absolute atomic E-state index is 0.0771. The van der Waals surface area contributed by atoms with Gasteiger partial charge in [0.2, 0.25) is 17.7 Å². The molecule has 1 unspecified atom stereocenters. The summed E-state index contributed by atoms with van der Waals surface area (Å²) in [5, 5.41) is 2.83. The molecule has 1 heterocycles. The summed E-state index contributed by atoms with van der Waals surface area (Å²) in [6.07, 6.45) is 0.0771. The summed E-state index contributed by atoms with van der Waals surface area (Å²) in [7, 11) is 0. The third kappa shape index (κ3) is 2.63. The Morgan fingerprint density at radius 2 is 2.00 bits per heavy atom. The van der Waals surface area contributed by atoms with Gasteiger partial charge in [0.15, 0.2) is 0 Å². The Kier molecular flexibility index (Phi) is 3.56. The number of likely N-dealkylation sites (tertiary alicyclic amines) is 1. The predicted molar refractivity (Wildman–Crippen MR) is 61.8 cm³/mol. The van der Waals surface area contributed by atoms with E-state index in [1.807, 2.05) is 0 Å². The normalized spacial score (nSPS) is 21.5. The van der Waals surface area contributed by atoms with Crippen molar-refractivity contribution < 1.29 is 14.4 Å². The molecule has 6 nitrogen and oxygen atoms in total.